The maximum Gasteiger partial charge on any atom is 0.0855 e. The number of hydrogen-bond acceptors (Lipinski definition) is 3. The molecule has 4 aliphatic carbocycles. The van der Waals surface area contributed by atoms with E-state index in [2.05, 4.69) is 33.8 Å². The largest absolute Gasteiger partial charge is 0.390 e. The van der Waals surface area contributed by atoms with Gasteiger partial charge in [-0.05, 0) is 126 Å². The minimum atomic E-state index is -0.508. The molecule has 0 radical (unpaired) electrons. The molecule has 0 aliphatic heterocycles. The summed E-state index contributed by atoms with van der Waals surface area (Å²) in [6, 6.07) is 0. The Morgan fingerprint density at radius 2 is 1.76 bits per heavy atom. The zero-order valence-electron chi connectivity index (χ0n) is 23.4. The van der Waals surface area contributed by atoms with E-state index in [1.165, 1.54) is 64.2 Å². The molecule has 0 amide bonds. The first-order valence-electron chi connectivity index (χ1n) is 14.5. The lowest BCUT2D eigenvalue weighted by Crippen LogP contribution is -2.50. The molecule has 0 heterocycles. The lowest BCUT2D eigenvalue weighted by Gasteiger charge is -2.58. The van der Waals surface area contributed by atoms with Gasteiger partial charge in [-0.1, -0.05) is 38.3 Å². The molecule has 4 aliphatic rings. The van der Waals surface area contributed by atoms with Crippen molar-refractivity contribution in [3.05, 3.63) is 11.6 Å². The summed E-state index contributed by atoms with van der Waals surface area (Å²) in [6.45, 7) is 14.1. The molecule has 0 saturated heterocycles. The van der Waals surface area contributed by atoms with Gasteiger partial charge in [-0.15, -0.1) is 0 Å². The van der Waals surface area contributed by atoms with E-state index in [0.717, 1.165) is 36.5 Å². The Kier molecular flexibility index (Phi) is 7.71. The van der Waals surface area contributed by atoms with Gasteiger partial charge in [-0.3, -0.25) is 0 Å². The van der Waals surface area contributed by atoms with Crippen LogP contribution in [0.3, 0.4) is 0 Å². The first-order chi connectivity index (χ1) is 15.9. The molecule has 0 spiro atoms. The van der Waals surface area contributed by atoms with Gasteiger partial charge in [0.2, 0.25) is 0 Å². The minimum Gasteiger partial charge on any atom is -0.390 e. The van der Waals surface area contributed by atoms with Crippen LogP contribution >= 0.6 is 0 Å². The average Bonchev–Trinajstić information content (AvgIpc) is 3.11. The van der Waals surface area contributed by atoms with Crippen LogP contribution in [0.4, 0.5) is 0 Å². The Labute approximate surface area is 210 Å². The second-order valence-electron chi connectivity index (χ2n) is 14.3. The molecule has 3 nitrogen and oxygen atoms in total. The van der Waals surface area contributed by atoms with Crippen molar-refractivity contribution < 1.29 is 14.6 Å². The molecular weight excluding hydrogens is 420 g/mol. The van der Waals surface area contributed by atoms with Crippen LogP contribution in [-0.2, 0) is 9.47 Å². The van der Waals surface area contributed by atoms with E-state index < -0.39 is 5.60 Å². The van der Waals surface area contributed by atoms with Crippen molar-refractivity contribution >= 4 is 0 Å². The monoisotopic (exact) mass is 474 g/mol. The van der Waals surface area contributed by atoms with Crippen LogP contribution in [0, 0.1) is 34.5 Å². The van der Waals surface area contributed by atoms with Crippen molar-refractivity contribution in [1.82, 2.24) is 0 Å². The van der Waals surface area contributed by atoms with Gasteiger partial charge in [0.25, 0.3) is 0 Å². The Hall–Kier alpha value is -0.380. The third-order valence-corrected chi connectivity index (χ3v) is 11.1. The number of aliphatic hydroxyl groups is 1. The highest BCUT2D eigenvalue weighted by molar-refractivity contribution is 5.25. The van der Waals surface area contributed by atoms with Crippen LogP contribution in [0.5, 0.6) is 0 Å². The molecule has 6 unspecified atom stereocenters. The maximum atomic E-state index is 10.1. The van der Waals surface area contributed by atoms with E-state index in [1.54, 1.807) is 12.7 Å². The fourth-order valence-corrected chi connectivity index (χ4v) is 8.68. The Bertz CT molecular complexity index is 733. The molecule has 34 heavy (non-hydrogen) atoms. The van der Waals surface area contributed by atoms with Gasteiger partial charge >= 0.3 is 0 Å². The van der Waals surface area contributed by atoms with Gasteiger partial charge in [-0.25, -0.2) is 0 Å². The third kappa shape index (κ3) is 5.32. The van der Waals surface area contributed by atoms with Gasteiger partial charge < -0.3 is 14.6 Å². The van der Waals surface area contributed by atoms with Crippen LogP contribution in [0.2, 0.25) is 0 Å². The quantitative estimate of drug-likeness (QED) is 0.275. The minimum absolute atomic E-state index is 0.200. The smallest absolute Gasteiger partial charge is 0.0855 e. The van der Waals surface area contributed by atoms with Crippen LogP contribution in [-0.4, -0.2) is 36.1 Å². The molecule has 4 rings (SSSR count). The van der Waals surface area contributed by atoms with Gasteiger partial charge in [0.05, 0.1) is 23.9 Å². The molecule has 0 aromatic carbocycles. The van der Waals surface area contributed by atoms with E-state index in [1.807, 2.05) is 13.8 Å². The highest BCUT2D eigenvalue weighted by atomic mass is 16.5. The molecule has 1 N–H and O–H groups in total. The van der Waals surface area contributed by atoms with Gasteiger partial charge in [0, 0.05) is 7.11 Å². The first-order valence-corrected chi connectivity index (χ1v) is 14.5. The number of fused-ring (bicyclic) bond motifs is 5. The molecular formula is C31H54O3. The summed E-state index contributed by atoms with van der Waals surface area (Å²) in [7, 11) is 1.78. The average molecular weight is 475 g/mol. The van der Waals surface area contributed by atoms with Crippen molar-refractivity contribution in [2.24, 2.45) is 34.5 Å². The van der Waals surface area contributed by atoms with Gasteiger partial charge in [-0.2, -0.15) is 0 Å². The van der Waals surface area contributed by atoms with E-state index in [9.17, 15) is 5.11 Å². The fourth-order valence-electron chi connectivity index (χ4n) is 8.68. The van der Waals surface area contributed by atoms with Gasteiger partial charge in [0.15, 0.2) is 0 Å². The molecule has 0 aromatic heterocycles. The van der Waals surface area contributed by atoms with Crippen LogP contribution in [0.25, 0.3) is 0 Å². The summed E-state index contributed by atoms with van der Waals surface area (Å²) in [5.74, 6) is 3.57. The summed E-state index contributed by atoms with van der Waals surface area (Å²) in [5.41, 5.74) is 1.94. The summed E-state index contributed by atoms with van der Waals surface area (Å²) >= 11 is 0. The SMILES string of the molecule is COC(C)(C)COC1CCC2(C)C(=CC[C@@H]3C2CCC2(C)C(CCCCC(C)(C)O)CCC32)C1. The summed E-state index contributed by atoms with van der Waals surface area (Å²) in [5, 5.41) is 10.1. The lowest BCUT2D eigenvalue weighted by atomic mass is 9.47. The molecule has 0 bridgehead atoms. The first kappa shape index (κ1) is 26.7. The fraction of sp³-hybridized carbons (Fsp3) is 0.935. The van der Waals surface area contributed by atoms with Crippen molar-refractivity contribution in [2.75, 3.05) is 13.7 Å². The number of unbranched alkanes of at least 4 members (excludes halogenated alkanes) is 1. The third-order valence-electron chi connectivity index (χ3n) is 11.1. The predicted octanol–water partition coefficient (Wildman–Crippen LogP) is 7.71. The second kappa shape index (κ2) is 9.82. The summed E-state index contributed by atoms with van der Waals surface area (Å²) in [4.78, 5) is 0. The summed E-state index contributed by atoms with van der Waals surface area (Å²) < 4.78 is 11.9. The normalized spacial score (nSPS) is 40.4. The van der Waals surface area contributed by atoms with E-state index in [4.69, 9.17) is 9.47 Å². The second-order valence-corrected chi connectivity index (χ2v) is 14.3. The molecule has 196 valence electrons. The molecule has 3 fully saturated rings. The number of hydrogen-bond donors (Lipinski definition) is 1. The molecule has 7 atom stereocenters. The maximum absolute atomic E-state index is 10.1. The van der Waals surface area contributed by atoms with Gasteiger partial charge in [0.1, 0.15) is 0 Å². The number of ether oxygens (including phenoxy) is 2. The van der Waals surface area contributed by atoms with Crippen molar-refractivity contribution in [3.63, 3.8) is 0 Å². The topological polar surface area (TPSA) is 38.7 Å². The van der Waals surface area contributed by atoms with Crippen LogP contribution in [0.1, 0.15) is 119 Å². The molecule has 3 saturated carbocycles. The van der Waals surface area contributed by atoms with Crippen molar-refractivity contribution in [3.8, 4) is 0 Å². The molecule has 3 heteroatoms. The zero-order chi connectivity index (χ0) is 24.8. The van der Waals surface area contributed by atoms with E-state index >= 15 is 0 Å². The predicted molar refractivity (Wildman–Crippen MR) is 141 cm³/mol. The summed E-state index contributed by atoms with van der Waals surface area (Å²) in [6.07, 6.45) is 18.5. The van der Waals surface area contributed by atoms with E-state index in [-0.39, 0.29) is 5.60 Å². The highest BCUT2D eigenvalue weighted by Gasteiger charge is 2.58. The Balaban J connectivity index is 1.38. The highest BCUT2D eigenvalue weighted by Crippen LogP contribution is 2.66. The van der Waals surface area contributed by atoms with E-state index in [0.29, 0.717) is 23.5 Å². The lowest BCUT2D eigenvalue weighted by molar-refractivity contribution is -0.0942. The zero-order valence-corrected chi connectivity index (χ0v) is 23.4. The van der Waals surface area contributed by atoms with Crippen molar-refractivity contribution in [2.45, 2.75) is 136 Å². The van der Waals surface area contributed by atoms with Crippen LogP contribution in [0.15, 0.2) is 11.6 Å². The number of rotatable bonds is 9. The van der Waals surface area contributed by atoms with Crippen molar-refractivity contribution in [1.29, 1.82) is 0 Å². The number of methoxy groups -OCH3 is 1. The Morgan fingerprint density at radius 3 is 2.47 bits per heavy atom. The van der Waals surface area contributed by atoms with Crippen LogP contribution < -0.4 is 0 Å². The number of allylic oxidation sites excluding steroid dienone is 1. The Morgan fingerprint density at radius 1 is 1.00 bits per heavy atom. The standard InChI is InChI=1S/C31H54O3/c1-28(2,32)17-9-8-10-22-12-14-26-25-13-11-23-20-24(34-21-29(3,4)33-7)15-18-31(23,6)27(25)16-19-30(22,26)5/h11,22,24-27,32H,8-10,12-21H2,1-7H3/t22?,24?,25-,26?,27?,30?,31?/m0/s1. The molecule has 0 aromatic rings.